The first-order chi connectivity index (χ1) is 20.6. The molecule has 0 bridgehead atoms. The Labute approximate surface area is 243 Å². The second-order valence-corrected chi connectivity index (χ2v) is 9.16. The summed E-state index contributed by atoms with van der Waals surface area (Å²) in [6.45, 7) is 0. The van der Waals surface area contributed by atoms with E-state index in [-0.39, 0.29) is 45.5 Å². The van der Waals surface area contributed by atoms with Crippen LogP contribution in [0, 0.1) is 0 Å². The molecule has 0 amide bonds. The van der Waals surface area contributed by atoms with E-state index < -0.39 is 23.1 Å². The van der Waals surface area contributed by atoms with Crippen molar-refractivity contribution in [1.82, 2.24) is 0 Å². The first kappa shape index (κ1) is 28.2. The fraction of sp³-hybridized carbons (Fsp3) is 0. The van der Waals surface area contributed by atoms with E-state index >= 15 is 0 Å². The van der Waals surface area contributed by atoms with Gasteiger partial charge >= 0.3 is 11.9 Å². The van der Waals surface area contributed by atoms with E-state index in [0.29, 0.717) is 16.7 Å². The van der Waals surface area contributed by atoms with E-state index in [2.05, 4.69) is 0 Å². The number of phenols is 4. The number of carbonyl (C=O) groups is 2. The minimum absolute atomic E-state index is 0.0197. The van der Waals surface area contributed by atoms with Gasteiger partial charge in [-0.2, -0.15) is 0 Å². The van der Waals surface area contributed by atoms with Crippen LogP contribution >= 0.6 is 0 Å². The maximum atomic E-state index is 12.8. The van der Waals surface area contributed by atoms with Gasteiger partial charge in [-0.1, -0.05) is 18.2 Å². The SMILES string of the molecule is O=C(/C=C/c1ccc(O)c(O)c1)Oc1ccc(-c2cc(=O)c3c(O)cc(OC(=O)/C=C/c4ccc(O)cc4)cc3o2)cc1. The largest absolute Gasteiger partial charge is 0.508 e. The van der Waals surface area contributed by atoms with Crippen molar-refractivity contribution in [3.63, 3.8) is 0 Å². The lowest BCUT2D eigenvalue weighted by atomic mass is 10.1. The number of carbonyl (C=O) groups excluding carboxylic acids is 2. The van der Waals surface area contributed by atoms with Crippen molar-refractivity contribution in [1.29, 1.82) is 0 Å². The Kier molecular flexibility index (Phi) is 7.93. The maximum absolute atomic E-state index is 12.8. The molecular weight excluding hydrogens is 556 g/mol. The molecule has 0 unspecified atom stereocenters. The lowest BCUT2D eigenvalue weighted by molar-refractivity contribution is -0.129. The third kappa shape index (κ3) is 6.90. The van der Waals surface area contributed by atoms with Crippen LogP contribution in [0.2, 0.25) is 0 Å². The topological polar surface area (TPSA) is 164 Å². The zero-order valence-electron chi connectivity index (χ0n) is 22.1. The Morgan fingerprint density at radius 1 is 0.628 bits per heavy atom. The molecule has 1 aromatic heterocycles. The summed E-state index contributed by atoms with van der Waals surface area (Å²) in [7, 11) is 0. The van der Waals surface area contributed by atoms with Crippen molar-refractivity contribution in [2.45, 2.75) is 0 Å². The molecule has 4 aromatic carbocycles. The fourth-order valence-electron chi connectivity index (χ4n) is 3.99. The van der Waals surface area contributed by atoms with E-state index in [4.69, 9.17) is 13.9 Å². The van der Waals surface area contributed by atoms with E-state index in [9.17, 15) is 34.8 Å². The van der Waals surface area contributed by atoms with Crippen molar-refractivity contribution < 1.29 is 43.9 Å². The molecule has 5 aromatic rings. The van der Waals surface area contributed by atoms with Gasteiger partial charge in [0.15, 0.2) is 16.9 Å². The summed E-state index contributed by atoms with van der Waals surface area (Å²) in [4.78, 5) is 37.3. The Morgan fingerprint density at radius 3 is 1.93 bits per heavy atom. The molecule has 0 spiro atoms. The lowest BCUT2D eigenvalue weighted by Crippen LogP contribution is -2.05. The van der Waals surface area contributed by atoms with Crippen LogP contribution < -0.4 is 14.9 Å². The predicted octanol–water partition coefficient (Wildman–Crippen LogP) is 5.52. The molecule has 0 aliphatic heterocycles. The van der Waals surface area contributed by atoms with Gasteiger partial charge in [0.2, 0.25) is 0 Å². The molecule has 0 aliphatic carbocycles. The second kappa shape index (κ2) is 12.1. The molecule has 0 radical (unpaired) electrons. The van der Waals surface area contributed by atoms with Gasteiger partial charge in [0.25, 0.3) is 0 Å². The van der Waals surface area contributed by atoms with Crippen LogP contribution in [-0.2, 0) is 9.59 Å². The number of fused-ring (bicyclic) bond motifs is 1. The first-order valence-electron chi connectivity index (χ1n) is 12.7. The van der Waals surface area contributed by atoms with Gasteiger partial charge in [-0.25, -0.2) is 9.59 Å². The Morgan fingerprint density at radius 2 is 1.26 bits per heavy atom. The number of aromatic hydroxyl groups is 4. The minimum atomic E-state index is -0.744. The van der Waals surface area contributed by atoms with Gasteiger partial charge in [-0.05, 0) is 71.8 Å². The lowest BCUT2D eigenvalue weighted by Gasteiger charge is -2.08. The highest BCUT2D eigenvalue weighted by Crippen LogP contribution is 2.32. The zero-order chi connectivity index (χ0) is 30.5. The predicted molar refractivity (Wildman–Crippen MR) is 157 cm³/mol. The van der Waals surface area contributed by atoms with Gasteiger partial charge in [-0.3, -0.25) is 4.79 Å². The van der Waals surface area contributed by atoms with Crippen LogP contribution in [-0.4, -0.2) is 32.4 Å². The smallest absolute Gasteiger partial charge is 0.336 e. The minimum Gasteiger partial charge on any atom is -0.508 e. The molecule has 0 saturated carbocycles. The van der Waals surface area contributed by atoms with E-state index in [0.717, 1.165) is 12.1 Å². The molecule has 4 N–H and O–H groups in total. The quantitative estimate of drug-likeness (QED) is 0.0837. The number of ether oxygens (including phenoxy) is 2. The third-order valence-corrected chi connectivity index (χ3v) is 6.08. The van der Waals surface area contributed by atoms with Crippen LogP contribution in [0.1, 0.15) is 11.1 Å². The first-order valence-corrected chi connectivity index (χ1v) is 12.7. The normalized spacial score (nSPS) is 11.3. The molecule has 0 aliphatic rings. The van der Waals surface area contributed by atoms with E-state index in [1.165, 1.54) is 72.8 Å². The Bertz CT molecular complexity index is 1950. The van der Waals surface area contributed by atoms with Crippen molar-refractivity contribution in [3.05, 3.63) is 118 Å². The van der Waals surface area contributed by atoms with Crippen LogP contribution in [0.3, 0.4) is 0 Å². The zero-order valence-corrected chi connectivity index (χ0v) is 22.1. The van der Waals surface area contributed by atoms with Gasteiger partial charge in [0, 0.05) is 35.9 Å². The van der Waals surface area contributed by atoms with Gasteiger partial charge in [-0.15, -0.1) is 0 Å². The monoisotopic (exact) mass is 578 g/mol. The highest BCUT2D eigenvalue weighted by Gasteiger charge is 2.14. The highest BCUT2D eigenvalue weighted by molar-refractivity contribution is 5.91. The summed E-state index contributed by atoms with van der Waals surface area (Å²) in [5.41, 5.74) is 1.05. The third-order valence-electron chi connectivity index (χ3n) is 6.08. The summed E-state index contributed by atoms with van der Waals surface area (Å²) in [6, 6.07) is 20.0. The summed E-state index contributed by atoms with van der Waals surface area (Å²) < 4.78 is 16.4. The number of hydrogen-bond donors (Lipinski definition) is 4. The molecule has 0 atom stereocenters. The van der Waals surface area contributed by atoms with Crippen molar-refractivity contribution in [2.24, 2.45) is 0 Å². The molecule has 0 fully saturated rings. The number of hydrogen-bond acceptors (Lipinski definition) is 10. The molecule has 1 heterocycles. The Balaban J connectivity index is 1.30. The van der Waals surface area contributed by atoms with Crippen molar-refractivity contribution >= 4 is 35.1 Å². The molecule has 5 rings (SSSR count). The second-order valence-electron chi connectivity index (χ2n) is 9.16. The van der Waals surface area contributed by atoms with E-state index in [1.807, 2.05) is 0 Å². The van der Waals surface area contributed by atoms with Crippen LogP contribution in [0.25, 0.3) is 34.4 Å². The van der Waals surface area contributed by atoms with Crippen molar-refractivity contribution in [2.75, 3.05) is 0 Å². The fourth-order valence-corrected chi connectivity index (χ4v) is 3.99. The number of phenolic OH excluding ortho intramolecular Hbond substituents is 4. The number of rotatable bonds is 7. The molecular formula is C33H22O10. The molecule has 43 heavy (non-hydrogen) atoms. The van der Waals surface area contributed by atoms with Crippen LogP contribution in [0.5, 0.6) is 34.5 Å². The summed E-state index contributed by atoms with van der Waals surface area (Å²) >= 11 is 0. The van der Waals surface area contributed by atoms with Gasteiger partial charge in [0.1, 0.15) is 39.7 Å². The number of esters is 2. The average Bonchev–Trinajstić information content (AvgIpc) is 2.97. The summed E-state index contributed by atoms with van der Waals surface area (Å²) in [5, 5.41) is 38.6. The van der Waals surface area contributed by atoms with Crippen molar-refractivity contribution in [3.8, 4) is 45.8 Å². The Hall–Kier alpha value is -6.29. The average molecular weight is 579 g/mol. The molecule has 214 valence electrons. The standard InChI is InChI=1S/C33H22O10/c34-22-8-1-19(2-9-22)4-13-32(40)42-24-16-27(37)33-28(38)18-29(43-30(33)17-24)21-6-10-23(11-7-21)41-31(39)14-5-20-3-12-25(35)26(36)15-20/h1-18,34-37H/b13-4+,14-5+. The van der Waals surface area contributed by atoms with Crippen LogP contribution in [0.4, 0.5) is 0 Å². The molecule has 10 nitrogen and oxygen atoms in total. The van der Waals surface area contributed by atoms with Gasteiger partial charge < -0.3 is 34.3 Å². The van der Waals surface area contributed by atoms with Crippen LogP contribution in [0.15, 0.2) is 106 Å². The summed E-state index contributed by atoms with van der Waals surface area (Å²) in [6.07, 6.45) is 5.22. The number of benzene rings is 4. The maximum Gasteiger partial charge on any atom is 0.336 e. The van der Waals surface area contributed by atoms with Gasteiger partial charge in [0.05, 0.1) is 0 Å². The molecule has 0 saturated heterocycles. The highest BCUT2D eigenvalue weighted by atomic mass is 16.5. The molecule has 10 heteroatoms. The van der Waals surface area contributed by atoms with E-state index in [1.54, 1.807) is 24.3 Å². The summed E-state index contributed by atoms with van der Waals surface area (Å²) in [5.74, 6) is -2.06.